The fourth-order valence-electron chi connectivity index (χ4n) is 4.64. The molecule has 0 saturated carbocycles. The van der Waals surface area contributed by atoms with E-state index in [-0.39, 0.29) is 16.2 Å². The molecule has 4 heterocycles. The van der Waals surface area contributed by atoms with Crippen LogP contribution in [0.15, 0.2) is 41.7 Å². The molecule has 0 bridgehead atoms. The normalized spacial score (nSPS) is 19.5. The van der Waals surface area contributed by atoms with E-state index in [2.05, 4.69) is 38.9 Å². The van der Waals surface area contributed by atoms with Crippen LogP contribution in [-0.2, 0) is 17.1 Å². The largest absolute Gasteiger partial charge is 0.368 e. The highest BCUT2D eigenvalue weighted by Gasteiger charge is 2.27. The first-order valence-electron chi connectivity index (χ1n) is 10.8. The number of benzene rings is 1. The lowest BCUT2D eigenvalue weighted by atomic mass is 10.1. The summed E-state index contributed by atoms with van der Waals surface area (Å²) in [6.45, 7) is 7.62. The van der Waals surface area contributed by atoms with E-state index in [1.54, 1.807) is 30.9 Å². The van der Waals surface area contributed by atoms with Crippen LogP contribution in [0.1, 0.15) is 19.5 Å². The lowest BCUT2D eigenvalue weighted by molar-refractivity contribution is 0.407. The number of rotatable bonds is 4. The number of anilines is 2. The van der Waals surface area contributed by atoms with Gasteiger partial charge in [0.2, 0.25) is 0 Å². The first-order valence-corrected chi connectivity index (χ1v) is 12.2. The molecule has 2 atom stereocenters. The van der Waals surface area contributed by atoms with Crippen LogP contribution in [0.2, 0.25) is 0 Å². The molecule has 1 fully saturated rings. The Bertz CT molecular complexity index is 1470. The molecule has 11 heteroatoms. The number of aromatic nitrogens is 4. The molecule has 5 rings (SSSR count). The molecule has 0 aliphatic carbocycles. The van der Waals surface area contributed by atoms with Crippen LogP contribution < -0.4 is 14.9 Å². The van der Waals surface area contributed by atoms with Crippen LogP contribution in [0.25, 0.3) is 16.6 Å². The Kier molecular flexibility index (Phi) is 5.05. The van der Waals surface area contributed by atoms with Crippen LogP contribution in [0.4, 0.5) is 15.8 Å². The molecule has 4 aromatic rings. The molecule has 0 amide bonds. The van der Waals surface area contributed by atoms with Crippen molar-refractivity contribution in [1.29, 1.82) is 0 Å². The highest BCUT2D eigenvalue weighted by Crippen LogP contribution is 2.33. The number of nitrogens with one attached hydrogen (secondary N) is 2. The summed E-state index contributed by atoms with van der Waals surface area (Å²) < 4.78 is 46.7. The van der Waals surface area contributed by atoms with Gasteiger partial charge in [0, 0.05) is 68.0 Å². The van der Waals surface area contributed by atoms with Crippen LogP contribution in [0.5, 0.6) is 0 Å². The van der Waals surface area contributed by atoms with E-state index >= 15 is 0 Å². The first-order chi connectivity index (χ1) is 15.6. The molecule has 3 aromatic heterocycles. The van der Waals surface area contributed by atoms with Crippen LogP contribution in [-0.4, -0.2) is 52.8 Å². The number of hydrogen-bond acceptors (Lipinski definition) is 6. The van der Waals surface area contributed by atoms with Crippen molar-refractivity contribution in [3.05, 3.63) is 48.3 Å². The van der Waals surface area contributed by atoms with Crippen molar-refractivity contribution >= 4 is 37.9 Å². The maximum absolute atomic E-state index is 14.5. The quantitative estimate of drug-likeness (QED) is 0.475. The van der Waals surface area contributed by atoms with Crippen molar-refractivity contribution in [2.45, 2.75) is 37.8 Å². The number of nitrogens with zero attached hydrogens (tertiary/aromatic N) is 5. The summed E-state index contributed by atoms with van der Waals surface area (Å²) in [6.07, 6.45) is 4.97. The average molecular weight is 472 g/mol. The number of pyridine rings is 1. The minimum atomic E-state index is -4.03. The number of aryl methyl sites for hydroxylation is 2. The van der Waals surface area contributed by atoms with E-state index in [9.17, 15) is 12.8 Å². The predicted molar refractivity (Wildman–Crippen MR) is 126 cm³/mol. The lowest BCUT2D eigenvalue weighted by Gasteiger charge is -2.38. The van der Waals surface area contributed by atoms with Gasteiger partial charge in [0.15, 0.2) is 11.5 Å². The first kappa shape index (κ1) is 21.7. The van der Waals surface area contributed by atoms with Crippen molar-refractivity contribution in [1.82, 2.24) is 24.5 Å². The molecule has 1 aliphatic rings. The molecule has 0 spiro atoms. The van der Waals surface area contributed by atoms with Gasteiger partial charge in [-0.1, -0.05) is 0 Å². The number of piperazine rings is 1. The predicted octanol–water partition coefficient (Wildman–Crippen LogP) is 2.66. The summed E-state index contributed by atoms with van der Waals surface area (Å²) in [6, 6.07) is 5.14. The van der Waals surface area contributed by atoms with Crippen LogP contribution in [0.3, 0.4) is 0 Å². The zero-order chi connectivity index (χ0) is 23.5. The Balaban J connectivity index is 1.56. The third kappa shape index (κ3) is 3.91. The monoisotopic (exact) mass is 471 g/mol. The highest BCUT2D eigenvalue weighted by molar-refractivity contribution is 7.93. The minimum absolute atomic E-state index is 0.0420. The van der Waals surface area contributed by atoms with Gasteiger partial charge in [0.25, 0.3) is 10.0 Å². The molecule has 1 aliphatic heterocycles. The smallest absolute Gasteiger partial charge is 0.264 e. The van der Waals surface area contributed by atoms with E-state index in [0.717, 1.165) is 30.2 Å². The number of fused-ring (bicyclic) bond motifs is 2. The third-order valence-electron chi connectivity index (χ3n) is 5.80. The van der Waals surface area contributed by atoms with Gasteiger partial charge >= 0.3 is 0 Å². The molecular formula is C22H26FN7O2S. The average Bonchev–Trinajstić information content (AvgIpc) is 3.27. The Morgan fingerprint density at radius 1 is 1.15 bits per heavy atom. The van der Waals surface area contributed by atoms with E-state index in [1.165, 1.54) is 10.6 Å². The second kappa shape index (κ2) is 7.70. The van der Waals surface area contributed by atoms with Crippen molar-refractivity contribution in [2.75, 3.05) is 22.7 Å². The van der Waals surface area contributed by atoms with Crippen molar-refractivity contribution in [2.24, 2.45) is 7.05 Å². The molecular weight excluding hydrogens is 445 g/mol. The molecule has 2 N–H and O–H groups in total. The van der Waals surface area contributed by atoms with Gasteiger partial charge in [0.1, 0.15) is 10.4 Å². The highest BCUT2D eigenvalue weighted by atomic mass is 32.2. The van der Waals surface area contributed by atoms with Gasteiger partial charge in [-0.25, -0.2) is 17.8 Å². The SMILES string of the molecule is Cc1cn2cc(NS(=O)(=O)c3ccc(N4C[C@H](C)N[C@@H](C)C4)c4cn(C)nc34)cc(F)c2n1. The third-order valence-corrected chi connectivity index (χ3v) is 7.21. The summed E-state index contributed by atoms with van der Waals surface area (Å²) in [5.41, 5.74) is 2.21. The second-order valence-electron chi connectivity index (χ2n) is 8.82. The van der Waals surface area contributed by atoms with E-state index in [1.807, 2.05) is 12.3 Å². The minimum Gasteiger partial charge on any atom is -0.368 e. The van der Waals surface area contributed by atoms with E-state index in [0.29, 0.717) is 23.3 Å². The fourth-order valence-corrected chi connectivity index (χ4v) is 5.83. The summed E-state index contributed by atoms with van der Waals surface area (Å²) in [7, 11) is -2.27. The molecule has 1 aromatic carbocycles. The lowest BCUT2D eigenvalue weighted by Crippen LogP contribution is -2.54. The summed E-state index contributed by atoms with van der Waals surface area (Å²) in [4.78, 5) is 6.40. The standard InChI is InChI=1S/C22H26FN7O2S/c1-13-8-29(9-14(2)24-13)19-5-6-20(21-17(19)12-28(4)26-21)33(31,32)27-16-7-18(23)22-25-15(3)10-30(22)11-16/h5-7,10-14,24,27H,8-9H2,1-4H3/t13-,14-/m0/s1. The fraction of sp³-hybridized carbons (Fsp3) is 0.364. The zero-order valence-electron chi connectivity index (χ0n) is 18.9. The summed E-state index contributed by atoms with van der Waals surface area (Å²) in [5.74, 6) is -0.608. The Hall–Kier alpha value is -3.18. The van der Waals surface area contributed by atoms with Crippen molar-refractivity contribution in [3.63, 3.8) is 0 Å². The molecule has 0 radical (unpaired) electrons. The molecule has 0 unspecified atom stereocenters. The summed E-state index contributed by atoms with van der Waals surface area (Å²) >= 11 is 0. The van der Waals surface area contributed by atoms with Crippen LogP contribution in [0, 0.1) is 12.7 Å². The Labute approximate surface area is 191 Å². The van der Waals surface area contributed by atoms with Crippen molar-refractivity contribution in [3.8, 4) is 0 Å². The molecule has 1 saturated heterocycles. The number of imidazole rings is 1. The maximum atomic E-state index is 14.5. The van der Waals surface area contributed by atoms with Gasteiger partial charge in [-0.05, 0) is 32.9 Å². The van der Waals surface area contributed by atoms with E-state index in [4.69, 9.17) is 0 Å². The van der Waals surface area contributed by atoms with Gasteiger partial charge in [-0.2, -0.15) is 5.10 Å². The van der Waals surface area contributed by atoms with Crippen LogP contribution >= 0.6 is 0 Å². The Morgan fingerprint density at radius 2 is 1.88 bits per heavy atom. The van der Waals surface area contributed by atoms with Gasteiger partial charge in [-0.15, -0.1) is 0 Å². The van der Waals surface area contributed by atoms with Gasteiger partial charge < -0.3 is 14.6 Å². The number of hydrogen-bond donors (Lipinski definition) is 2. The number of sulfonamides is 1. The number of halogens is 1. The van der Waals surface area contributed by atoms with Gasteiger partial charge in [0.05, 0.1) is 11.4 Å². The molecule has 33 heavy (non-hydrogen) atoms. The van der Waals surface area contributed by atoms with E-state index < -0.39 is 15.8 Å². The zero-order valence-corrected chi connectivity index (χ0v) is 19.7. The summed E-state index contributed by atoms with van der Waals surface area (Å²) in [5, 5.41) is 8.72. The topological polar surface area (TPSA) is 96.6 Å². The van der Waals surface area contributed by atoms with Crippen molar-refractivity contribution < 1.29 is 12.8 Å². The van der Waals surface area contributed by atoms with Gasteiger partial charge in [-0.3, -0.25) is 9.40 Å². The maximum Gasteiger partial charge on any atom is 0.264 e. The molecule has 174 valence electrons. The Morgan fingerprint density at radius 3 is 2.61 bits per heavy atom. The second-order valence-corrected chi connectivity index (χ2v) is 10.5. The molecule has 9 nitrogen and oxygen atoms in total.